The lowest BCUT2D eigenvalue weighted by molar-refractivity contribution is 0.107. The molecule has 0 aromatic carbocycles. The second kappa shape index (κ2) is 2.38. The van der Waals surface area contributed by atoms with Crippen molar-refractivity contribution in [1.29, 1.82) is 0 Å². The first kappa shape index (κ1) is 7.21. The largest absolute Gasteiger partial charge is 0.275 e. The number of halogens is 2. The molecule has 10 heavy (non-hydrogen) atoms. The SMILES string of the molecule is Cn1cc(C(=O)Cl)c(F)n1. The highest BCUT2D eigenvalue weighted by molar-refractivity contribution is 6.67. The lowest BCUT2D eigenvalue weighted by Gasteiger charge is -1.80. The van der Waals surface area contributed by atoms with Gasteiger partial charge in [-0.3, -0.25) is 9.48 Å². The number of carbonyl (C=O) groups excluding carboxylic acids is 1. The summed E-state index contributed by atoms with van der Waals surface area (Å²) in [4.78, 5) is 10.4. The van der Waals surface area contributed by atoms with Gasteiger partial charge in [0.25, 0.3) is 5.24 Å². The van der Waals surface area contributed by atoms with E-state index in [1.54, 1.807) is 0 Å². The predicted molar refractivity (Wildman–Crippen MR) is 33.3 cm³/mol. The molecule has 1 aromatic heterocycles. The molecule has 0 bridgehead atoms. The topological polar surface area (TPSA) is 34.9 Å². The zero-order chi connectivity index (χ0) is 7.72. The molecular weight excluding hydrogens is 159 g/mol. The highest BCUT2D eigenvalue weighted by Crippen LogP contribution is 2.06. The summed E-state index contributed by atoms with van der Waals surface area (Å²) in [7, 11) is 1.51. The fraction of sp³-hybridized carbons (Fsp3) is 0.200. The standard InChI is InChI=1S/C5H4ClFN2O/c1-9-2-3(4(6)10)5(7)8-9/h2H,1H3. The van der Waals surface area contributed by atoms with E-state index >= 15 is 0 Å². The number of aromatic nitrogens is 2. The normalized spacial score (nSPS) is 9.90. The van der Waals surface area contributed by atoms with Gasteiger partial charge in [-0.15, -0.1) is 5.10 Å². The van der Waals surface area contributed by atoms with E-state index in [1.165, 1.54) is 17.9 Å². The lowest BCUT2D eigenvalue weighted by atomic mass is 10.4. The molecule has 0 spiro atoms. The molecule has 5 heteroatoms. The smallest absolute Gasteiger partial charge is 0.258 e. The van der Waals surface area contributed by atoms with Gasteiger partial charge in [0.05, 0.1) is 0 Å². The van der Waals surface area contributed by atoms with Crippen LogP contribution in [0.5, 0.6) is 0 Å². The predicted octanol–water partition coefficient (Wildman–Crippen LogP) is 0.938. The Kier molecular flexibility index (Phi) is 1.72. The molecular formula is C5H4ClFN2O. The van der Waals surface area contributed by atoms with Crippen LogP contribution in [0.25, 0.3) is 0 Å². The van der Waals surface area contributed by atoms with Crippen molar-refractivity contribution in [2.45, 2.75) is 0 Å². The average Bonchev–Trinajstić information content (AvgIpc) is 2.10. The quantitative estimate of drug-likeness (QED) is 0.576. The molecule has 0 unspecified atom stereocenters. The molecule has 0 aliphatic heterocycles. The van der Waals surface area contributed by atoms with Gasteiger partial charge in [-0.1, -0.05) is 0 Å². The third-order valence-electron chi connectivity index (χ3n) is 0.995. The Morgan fingerprint density at radius 1 is 1.90 bits per heavy atom. The molecule has 0 atom stereocenters. The minimum Gasteiger partial charge on any atom is -0.275 e. The maximum Gasteiger partial charge on any atom is 0.258 e. The molecule has 0 aliphatic rings. The van der Waals surface area contributed by atoms with Crippen LogP contribution in [0, 0.1) is 5.95 Å². The third kappa shape index (κ3) is 1.16. The van der Waals surface area contributed by atoms with Gasteiger partial charge in [-0.25, -0.2) is 0 Å². The van der Waals surface area contributed by atoms with Crippen LogP contribution in [-0.4, -0.2) is 15.0 Å². The Labute approximate surface area is 61.4 Å². The third-order valence-corrected chi connectivity index (χ3v) is 1.20. The van der Waals surface area contributed by atoms with Crippen molar-refractivity contribution in [2.75, 3.05) is 0 Å². The highest BCUT2D eigenvalue weighted by atomic mass is 35.5. The second-order valence-corrected chi connectivity index (χ2v) is 2.12. The van der Waals surface area contributed by atoms with E-state index in [9.17, 15) is 9.18 Å². The van der Waals surface area contributed by atoms with E-state index in [0.29, 0.717) is 0 Å². The van der Waals surface area contributed by atoms with Gasteiger partial charge >= 0.3 is 0 Å². The minimum atomic E-state index is -0.831. The average molecular weight is 163 g/mol. The van der Waals surface area contributed by atoms with Crippen molar-refractivity contribution in [2.24, 2.45) is 7.05 Å². The molecule has 0 fully saturated rings. The Morgan fingerprint density at radius 2 is 2.50 bits per heavy atom. The fourth-order valence-electron chi connectivity index (χ4n) is 0.593. The molecule has 0 saturated heterocycles. The van der Waals surface area contributed by atoms with Crippen LogP contribution in [0.1, 0.15) is 10.4 Å². The van der Waals surface area contributed by atoms with Crippen molar-refractivity contribution in [3.63, 3.8) is 0 Å². The van der Waals surface area contributed by atoms with Gasteiger partial charge in [-0.2, -0.15) is 4.39 Å². The van der Waals surface area contributed by atoms with Crippen molar-refractivity contribution in [3.8, 4) is 0 Å². The van der Waals surface area contributed by atoms with Gasteiger partial charge in [0.2, 0.25) is 5.95 Å². The number of hydrogen-bond donors (Lipinski definition) is 0. The lowest BCUT2D eigenvalue weighted by Crippen LogP contribution is -1.88. The van der Waals surface area contributed by atoms with Crippen LogP contribution in [0.15, 0.2) is 6.20 Å². The molecule has 1 aromatic rings. The van der Waals surface area contributed by atoms with E-state index in [4.69, 9.17) is 11.6 Å². The first-order chi connectivity index (χ1) is 4.61. The van der Waals surface area contributed by atoms with Gasteiger partial charge in [0.1, 0.15) is 5.56 Å². The summed E-state index contributed by atoms with van der Waals surface area (Å²) in [6.45, 7) is 0. The maximum absolute atomic E-state index is 12.4. The first-order valence-electron chi connectivity index (χ1n) is 2.50. The zero-order valence-corrected chi connectivity index (χ0v) is 5.89. The van der Waals surface area contributed by atoms with Crippen molar-refractivity contribution in [1.82, 2.24) is 9.78 Å². The maximum atomic E-state index is 12.4. The Bertz CT molecular complexity index is 271. The van der Waals surface area contributed by atoms with Crippen LogP contribution < -0.4 is 0 Å². The summed E-state index contributed by atoms with van der Waals surface area (Å²) in [6.07, 6.45) is 1.23. The summed E-state index contributed by atoms with van der Waals surface area (Å²) in [6, 6.07) is 0. The number of aryl methyl sites for hydroxylation is 1. The van der Waals surface area contributed by atoms with Crippen LogP contribution in [-0.2, 0) is 7.05 Å². The summed E-state index contributed by atoms with van der Waals surface area (Å²) in [5, 5.41) is 2.45. The number of carbonyl (C=O) groups is 1. The van der Waals surface area contributed by atoms with E-state index < -0.39 is 11.2 Å². The molecule has 0 N–H and O–H groups in total. The highest BCUT2D eigenvalue weighted by Gasteiger charge is 2.11. The Balaban J connectivity index is 3.15. The Hall–Kier alpha value is -0.900. The van der Waals surface area contributed by atoms with E-state index in [0.717, 1.165) is 0 Å². The van der Waals surface area contributed by atoms with Gasteiger partial charge < -0.3 is 0 Å². The molecule has 0 saturated carbocycles. The van der Waals surface area contributed by atoms with Crippen molar-refractivity contribution in [3.05, 3.63) is 17.7 Å². The van der Waals surface area contributed by atoms with Gasteiger partial charge in [0.15, 0.2) is 0 Å². The number of hydrogen-bond acceptors (Lipinski definition) is 2. The molecule has 0 amide bonds. The zero-order valence-electron chi connectivity index (χ0n) is 5.14. The van der Waals surface area contributed by atoms with Crippen molar-refractivity contribution < 1.29 is 9.18 Å². The number of nitrogens with zero attached hydrogens (tertiary/aromatic N) is 2. The first-order valence-corrected chi connectivity index (χ1v) is 2.88. The molecule has 0 aliphatic carbocycles. The van der Waals surface area contributed by atoms with Gasteiger partial charge in [0, 0.05) is 13.2 Å². The van der Waals surface area contributed by atoms with Gasteiger partial charge in [-0.05, 0) is 11.6 Å². The molecule has 54 valence electrons. The summed E-state index contributed by atoms with van der Waals surface area (Å²) >= 11 is 4.99. The summed E-state index contributed by atoms with van der Waals surface area (Å²) in [5.74, 6) is -0.831. The van der Waals surface area contributed by atoms with E-state index in [-0.39, 0.29) is 5.56 Å². The van der Waals surface area contributed by atoms with Crippen LogP contribution in [0.4, 0.5) is 4.39 Å². The molecule has 0 radical (unpaired) electrons. The molecule has 3 nitrogen and oxygen atoms in total. The summed E-state index contributed by atoms with van der Waals surface area (Å²) < 4.78 is 13.6. The van der Waals surface area contributed by atoms with Crippen LogP contribution in [0.2, 0.25) is 0 Å². The summed E-state index contributed by atoms with van der Waals surface area (Å²) in [5.41, 5.74) is -0.191. The van der Waals surface area contributed by atoms with E-state index in [1.807, 2.05) is 0 Å². The fourth-order valence-corrected chi connectivity index (χ4v) is 0.720. The Morgan fingerprint density at radius 3 is 2.70 bits per heavy atom. The minimum absolute atomic E-state index is 0.191. The number of rotatable bonds is 1. The molecule has 1 rings (SSSR count). The van der Waals surface area contributed by atoms with Crippen LogP contribution >= 0.6 is 11.6 Å². The van der Waals surface area contributed by atoms with Crippen LogP contribution in [0.3, 0.4) is 0 Å². The van der Waals surface area contributed by atoms with Crippen molar-refractivity contribution >= 4 is 16.8 Å². The monoisotopic (exact) mass is 162 g/mol. The molecule has 1 heterocycles. The second-order valence-electron chi connectivity index (χ2n) is 1.78. The van der Waals surface area contributed by atoms with E-state index in [2.05, 4.69) is 5.10 Å².